The van der Waals surface area contributed by atoms with Crippen molar-refractivity contribution in [3.63, 3.8) is 0 Å². The lowest BCUT2D eigenvalue weighted by molar-refractivity contribution is 1.30. The minimum Gasteiger partial charge on any atom is -0.367 e. The minimum atomic E-state index is -1.93. The van der Waals surface area contributed by atoms with Crippen LogP contribution in [0.1, 0.15) is 5.56 Å². The van der Waals surface area contributed by atoms with Gasteiger partial charge in [-0.15, -0.1) is 0 Å². The summed E-state index contributed by atoms with van der Waals surface area (Å²) in [7, 11) is -1.93. The van der Waals surface area contributed by atoms with Crippen molar-refractivity contribution >= 4 is 18.6 Å². The fourth-order valence-electron chi connectivity index (χ4n) is 2.54. The van der Waals surface area contributed by atoms with Crippen LogP contribution < -0.4 is 15.9 Å². The molecule has 0 amide bonds. The Bertz CT molecular complexity index is 756. The third-order valence-corrected chi connectivity index (χ3v) is 6.88. The van der Waals surface area contributed by atoms with Crippen molar-refractivity contribution in [2.45, 2.75) is 13.1 Å². The maximum absolute atomic E-state index is 12.0. The average Bonchev–Trinajstić information content (AvgIpc) is 2.59. The van der Waals surface area contributed by atoms with Crippen molar-refractivity contribution in [1.82, 2.24) is 9.97 Å². The predicted molar refractivity (Wildman–Crippen MR) is 71.8 cm³/mol. The lowest BCUT2D eigenvalue weighted by Gasteiger charge is -2.17. The number of nitrogens with zero attached hydrogens (tertiary/aromatic N) is 2. The summed E-state index contributed by atoms with van der Waals surface area (Å²) < 4.78 is 0. The summed E-state index contributed by atoms with van der Waals surface area (Å²) in [5.41, 5.74) is 1.99. The van der Waals surface area contributed by atoms with Crippen LogP contribution in [0.15, 0.2) is 29.3 Å². The van der Waals surface area contributed by atoms with E-state index in [9.17, 15) is 4.79 Å². The van der Waals surface area contributed by atoms with Crippen molar-refractivity contribution < 1.29 is 0 Å². The Morgan fingerprint density at radius 3 is 2.94 bits per heavy atom. The lowest BCUT2D eigenvalue weighted by atomic mass is 10.1. The van der Waals surface area contributed by atoms with Crippen LogP contribution in [-0.4, -0.2) is 18.0 Å². The molecule has 0 saturated carbocycles. The van der Waals surface area contributed by atoms with Crippen LogP contribution in [0.3, 0.4) is 0 Å². The zero-order valence-corrected chi connectivity index (χ0v) is 11.1. The molecule has 0 saturated heterocycles. The van der Waals surface area contributed by atoms with E-state index in [1.807, 2.05) is 6.07 Å². The molecule has 1 N–H and O–H groups in total. The number of rotatable bonds is 0. The normalized spacial score (nSPS) is 14.7. The van der Waals surface area contributed by atoms with Gasteiger partial charge in [0.25, 0.3) is 0 Å². The molecule has 0 unspecified atom stereocenters. The highest BCUT2D eigenvalue weighted by Crippen LogP contribution is 2.22. The number of nitrogens with one attached hydrogen (secondary N) is 1. The fraction of sp³-hybridized carbons (Fsp3) is 0.154. The Balaban J connectivity index is 2.44. The molecule has 0 aliphatic carbocycles. The molecule has 1 aliphatic heterocycles. The molecule has 3 rings (SSSR count). The highest BCUT2D eigenvalue weighted by Gasteiger charge is 2.40. The van der Waals surface area contributed by atoms with Crippen molar-refractivity contribution in [3.05, 3.63) is 40.3 Å². The van der Waals surface area contributed by atoms with Gasteiger partial charge in [0, 0.05) is 23.8 Å². The molecule has 0 radical (unpaired) electrons. The Morgan fingerprint density at radius 2 is 2.22 bits per heavy atom. The van der Waals surface area contributed by atoms with Crippen LogP contribution in [0.5, 0.6) is 0 Å². The first-order chi connectivity index (χ1) is 8.55. The van der Waals surface area contributed by atoms with E-state index in [2.05, 4.69) is 29.1 Å². The van der Waals surface area contributed by atoms with E-state index in [1.54, 1.807) is 6.20 Å². The zero-order valence-electron chi connectivity index (χ0n) is 10.1. The molecule has 0 spiro atoms. The second-order valence-corrected chi connectivity index (χ2v) is 9.24. The van der Waals surface area contributed by atoms with Gasteiger partial charge in [-0.3, -0.25) is 9.78 Å². The van der Waals surface area contributed by atoms with Gasteiger partial charge in [0.1, 0.15) is 14.1 Å². The van der Waals surface area contributed by atoms with E-state index in [-0.39, 0.29) is 5.43 Å². The molecular formula is C13H11N3OSi. The number of pyridine rings is 2. The van der Waals surface area contributed by atoms with Crippen molar-refractivity contribution in [3.8, 4) is 17.3 Å². The minimum absolute atomic E-state index is 0.000262. The average molecular weight is 253 g/mol. The van der Waals surface area contributed by atoms with E-state index in [0.29, 0.717) is 11.1 Å². The van der Waals surface area contributed by atoms with E-state index < -0.39 is 8.07 Å². The van der Waals surface area contributed by atoms with Crippen LogP contribution in [0.2, 0.25) is 13.1 Å². The van der Waals surface area contributed by atoms with Gasteiger partial charge >= 0.3 is 0 Å². The topological polar surface area (TPSA) is 69.5 Å². The number of aromatic nitrogens is 2. The van der Waals surface area contributed by atoms with Crippen LogP contribution in [0.4, 0.5) is 0 Å². The molecule has 1 aliphatic rings. The largest absolute Gasteiger partial charge is 0.367 e. The molecule has 3 heterocycles. The molecule has 88 valence electrons. The van der Waals surface area contributed by atoms with Crippen LogP contribution in [0, 0.1) is 11.3 Å². The standard InChI is InChI=1S/C13H11N3OSi/c1-18(2)10-5-8(6-14)7-16-12(10)11-9(17)3-4-15-13(11)18/h3-5,7H,1-2H3,(H,15,17). The first-order valence-corrected chi connectivity index (χ1v) is 8.69. The van der Waals surface area contributed by atoms with Gasteiger partial charge in [-0.2, -0.15) is 5.26 Å². The van der Waals surface area contributed by atoms with Crippen molar-refractivity contribution in [2.75, 3.05) is 0 Å². The molecule has 2 aromatic heterocycles. The number of aromatic amines is 1. The maximum atomic E-state index is 12.0. The highest BCUT2D eigenvalue weighted by atomic mass is 28.3. The molecule has 18 heavy (non-hydrogen) atoms. The van der Waals surface area contributed by atoms with E-state index in [0.717, 1.165) is 16.2 Å². The number of hydrogen-bond donors (Lipinski definition) is 1. The third-order valence-electron chi connectivity index (χ3n) is 3.51. The SMILES string of the molecule is C[Si]1(C)c2cc(C#N)cnc2-c2c1[nH]ccc2=O. The van der Waals surface area contributed by atoms with Crippen LogP contribution >= 0.6 is 0 Å². The van der Waals surface area contributed by atoms with Gasteiger partial charge in [-0.25, -0.2) is 0 Å². The molecule has 0 bridgehead atoms. The summed E-state index contributed by atoms with van der Waals surface area (Å²) in [5.74, 6) is 0. The van der Waals surface area contributed by atoms with Gasteiger partial charge in [-0.1, -0.05) is 13.1 Å². The Labute approximate surface area is 105 Å². The molecule has 4 nitrogen and oxygen atoms in total. The van der Waals surface area contributed by atoms with Gasteiger partial charge in [-0.05, 0) is 11.3 Å². The number of fused-ring (bicyclic) bond motifs is 3. The Kier molecular flexibility index (Phi) is 2.07. The second kappa shape index (κ2) is 3.40. The van der Waals surface area contributed by atoms with Gasteiger partial charge in [0.15, 0.2) is 5.43 Å². The highest BCUT2D eigenvalue weighted by molar-refractivity contribution is 7.03. The summed E-state index contributed by atoms with van der Waals surface area (Å²) in [6.07, 6.45) is 3.22. The van der Waals surface area contributed by atoms with Crippen LogP contribution in [0.25, 0.3) is 11.3 Å². The maximum Gasteiger partial charge on any atom is 0.190 e. The van der Waals surface area contributed by atoms with Crippen molar-refractivity contribution in [1.29, 1.82) is 5.26 Å². The number of nitriles is 1. The number of H-pyrrole nitrogens is 1. The molecule has 2 aromatic rings. The Morgan fingerprint density at radius 1 is 1.44 bits per heavy atom. The number of hydrogen-bond acceptors (Lipinski definition) is 3. The summed E-state index contributed by atoms with van der Waals surface area (Å²) in [4.78, 5) is 19.5. The van der Waals surface area contributed by atoms with E-state index in [4.69, 9.17) is 5.26 Å². The summed E-state index contributed by atoms with van der Waals surface area (Å²) in [6, 6.07) is 5.51. The molecule has 0 aromatic carbocycles. The molecule has 0 atom stereocenters. The van der Waals surface area contributed by atoms with Gasteiger partial charge in [0.2, 0.25) is 0 Å². The zero-order chi connectivity index (χ0) is 12.9. The fourth-order valence-corrected chi connectivity index (χ4v) is 5.42. The summed E-state index contributed by atoms with van der Waals surface area (Å²) in [6.45, 7) is 4.33. The van der Waals surface area contributed by atoms with E-state index >= 15 is 0 Å². The second-order valence-electron chi connectivity index (χ2n) is 4.95. The quantitative estimate of drug-likeness (QED) is 0.693. The first-order valence-electron chi connectivity index (χ1n) is 5.69. The van der Waals surface area contributed by atoms with E-state index in [1.165, 1.54) is 12.3 Å². The third kappa shape index (κ3) is 1.24. The smallest absolute Gasteiger partial charge is 0.190 e. The van der Waals surface area contributed by atoms with Crippen LogP contribution in [-0.2, 0) is 0 Å². The summed E-state index contributed by atoms with van der Waals surface area (Å²) >= 11 is 0. The lowest BCUT2D eigenvalue weighted by Crippen LogP contribution is -2.51. The van der Waals surface area contributed by atoms with Crippen molar-refractivity contribution in [2.24, 2.45) is 0 Å². The molecule has 5 heteroatoms. The van der Waals surface area contributed by atoms with Gasteiger partial charge < -0.3 is 4.98 Å². The molecule has 0 fully saturated rings. The Hall–Kier alpha value is -2.19. The first kappa shape index (κ1) is 10.9. The monoisotopic (exact) mass is 253 g/mol. The van der Waals surface area contributed by atoms with Gasteiger partial charge in [0.05, 0.1) is 16.8 Å². The predicted octanol–water partition coefficient (Wildman–Crippen LogP) is 0.445. The summed E-state index contributed by atoms with van der Waals surface area (Å²) in [5, 5.41) is 11.0. The molecular weight excluding hydrogens is 242 g/mol.